The third-order valence-electron chi connectivity index (χ3n) is 2.69. The molecule has 3 heteroatoms. The lowest BCUT2D eigenvalue weighted by molar-refractivity contribution is 0.0560. The van der Waals surface area contributed by atoms with Gasteiger partial charge in [-0.25, -0.2) is 4.39 Å². The summed E-state index contributed by atoms with van der Waals surface area (Å²) < 4.78 is 13.1. The highest BCUT2D eigenvalue weighted by atomic mass is 35.5. The van der Waals surface area contributed by atoms with Crippen molar-refractivity contribution in [2.75, 3.05) is 0 Å². The highest BCUT2D eigenvalue weighted by molar-refractivity contribution is 6.30. The summed E-state index contributed by atoms with van der Waals surface area (Å²) in [5.41, 5.74) is 0.732. The van der Waals surface area contributed by atoms with Gasteiger partial charge in [-0.3, -0.25) is 0 Å². The molecule has 1 aromatic carbocycles. The molecule has 0 aliphatic heterocycles. The average Bonchev–Trinajstić information content (AvgIpc) is 2.18. The molecule has 0 saturated heterocycles. The number of benzene rings is 1. The molecule has 0 amide bonds. The standard InChI is InChI=1S/C13H18ClFO/c1-13(2,3)12(16)7-5-9-4-6-10(14)11(15)8-9/h4,6,8,12,16H,5,7H2,1-3H3. The van der Waals surface area contributed by atoms with Gasteiger partial charge in [-0.15, -0.1) is 0 Å². The van der Waals surface area contributed by atoms with Crippen LogP contribution in [0.1, 0.15) is 32.8 Å². The van der Waals surface area contributed by atoms with Crippen molar-refractivity contribution in [3.05, 3.63) is 34.6 Å². The van der Waals surface area contributed by atoms with Crippen LogP contribution in [0.25, 0.3) is 0 Å². The van der Waals surface area contributed by atoms with Gasteiger partial charge in [0.05, 0.1) is 11.1 Å². The van der Waals surface area contributed by atoms with Crippen molar-refractivity contribution in [3.63, 3.8) is 0 Å². The van der Waals surface area contributed by atoms with Gasteiger partial charge in [0.25, 0.3) is 0 Å². The van der Waals surface area contributed by atoms with E-state index in [-0.39, 0.29) is 16.5 Å². The summed E-state index contributed by atoms with van der Waals surface area (Å²) in [4.78, 5) is 0. The fourth-order valence-electron chi connectivity index (χ4n) is 1.43. The van der Waals surface area contributed by atoms with Gasteiger partial charge in [-0.2, -0.15) is 0 Å². The predicted octanol–water partition coefficient (Wildman–Crippen LogP) is 3.82. The molecule has 0 aliphatic carbocycles. The Labute approximate surface area is 101 Å². The van der Waals surface area contributed by atoms with Crippen LogP contribution in [0, 0.1) is 11.2 Å². The van der Waals surface area contributed by atoms with E-state index in [0.717, 1.165) is 5.56 Å². The predicted molar refractivity (Wildman–Crippen MR) is 65.2 cm³/mol. The van der Waals surface area contributed by atoms with Gasteiger partial charge in [0.15, 0.2) is 0 Å². The Kier molecular flexibility index (Phi) is 4.34. The van der Waals surface area contributed by atoms with Crippen LogP contribution < -0.4 is 0 Å². The second-order valence-electron chi connectivity index (χ2n) is 5.17. The monoisotopic (exact) mass is 244 g/mol. The van der Waals surface area contributed by atoms with E-state index in [4.69, 9.17) is 11.6 Å². The smallest absolute Gasteiger partial charge is 0.142 e. The Hall–Kier alpha value is -0.600. The second-order valence-corrected chi connectivity index (χ2v) is 5.58. The molecule has 0 spiro atoms. The third-order valence-corrected chi connectivity index (χ3v) is 3.00. The van der Waals surface area contributed by atoms with Crippen molar-refractivity contribution < 1.29 is 9.50 Å². The Morgan fingerprint density at radius 3 is 2.50 bits per heavy atom. The quantitative estimate of drug-likeness (QED) is 0.857. The molecule has 0 radical (unpaired) electrons. The molecule has 1 atom stereocenters. The Morgan fingerprint density at radius 1 is 1.38 bits per heavy atom. The van der Waals surface area contributed by atoms with E-state index in [1.807, 2.05) is 20.8 Å². The number of rotatable bonds is 3. The maximum atomic E-state index is 13.1. The van der Waals surface area contributed by atoms with E-state index in [9.17, 15) is 9.50 Å². The van der Waals surface area contributed by atoms with E-state index in [0.29, 0.717) is 12.8 Å². The number of aliphatic hydroxyl groups excluding tert-OH is 1. The summed E-state index contributed by atoms with van der Waals surface area (Å²) in [6.07, 6.45) is 0.906. The van der Waals surface area contributed by atoms with Crippen molar-refractivity contribution >= 4 is 11.6 Å². The minimum Gasteiger partial charge on any atom is -0.393 e. The molecule has 0 aromatic heterocycles. The fraction of sp³-hybridized carbons (Fsp3) is 0.538. The molecule has 1 nitrogen and oxygen atoms in total. The topological polar surface area (TPSA) is 20.2 Å². The molecule has 1 N–H and O–H groups in total. The third kappa shape index (κ3) is 3.76. The zero-order chi connectivity index (χ0) is 12.3. The van der Waals surface area contributed by atoms with E-state index in [2.05, 4.69) is 0 Å². The van der Waals surface area contributed by atoms with Crippen LogP contribution in [-0.4, -0.2) is 11.2 Å². The molecule has 0 fully saturated rings. The van der Waals surface area contributed by atoms with Crippen LogP contribution in [0.2, 0.25) is 5.02 Å². The van der Waals surface area contributed by atoms with Gasteiger partial charge in [0.2, 0.25) is 0 Å². The zero-order valence-corrected chi connectivity index (χ0v) is 10.7. The highest BCUT2D eigenvalue weighted by Gasteiger charge is 2.21. The van der Waals surface area contributed by atoms with Crippen LogP contribution in [0.3, 0.4) is 0 Å². The highest BCUT2D eigenvalue weighted by Crippen LogP contribution is 2.23. The molecular weight excluding hydrogens is 227 g/mol. The van der Waals surface area contributed by atoms with Crippen molar-refractivity contribution in [1.29, 1.82) is 0 Å². The Bertz CT molecular complexity index is 357. The molecule has 0 heterocycles. The summed E-state index contributed by atoms with van der Waals surface area (Å²) in [5.74, 6) is -0.399. The molecule has 0 aliphatic rings. The minimum atomic E-state index is -0.399. The Morgan fingerprint density at radius 2 is 2.00 bits per heavy atom. The van der Waals surface area contributed by atoms with Gasteiger partial charge in [-0.05, 0) is 36.0 Å². The summed E-state index contributed by atoms with van der Waals surface area (Å²) in [6.45, 7) is 5.96. The maximum absolute atomic E-state index is 13.1. The van der Waals surface area contributed by atoms with Gasteiger partial charge in [-0.1, -0.05) is 38.4 Å². The van der Waals surface area contributed by atoms with Crippen molar-refractivity contribution in [2.45, 2.75) is 39.7 Å². The Balaban J connectivity index is 2.58. The van der Waals surface area contributed by atoms with Crippen LogP contribution >= 0.6 is 11.6 Å². The number of hydrogen-bond donors (Lipinski definition) is 1. The lowest BCUT2D eigenvalue weighted by atomic mass is 9.86. The summed E-state index contributed by atoms with van der Waals surface area (Å²) in [6, 6.07) is 4.77. The number of aryl methyl sites for hydroxylation is 1. The lowest BCUT2D eigenvalue weighted by Gasteiger charge is -2.25. The van der Waals surface area contributed by atoms with Crippen LogP contribution in [-0.2, 0) is 6.42 Å². The lowest BCUT2D eigenvalue weighted by Crippen LogP contribution is -2.26. The summed E-state index contributed by atoms with van der Waals surface area (Å²) in [7, 11) is 0. The van der Waals surface area contributed by atoms with E-state index in [1.54, 1.807) is 12.1 Å². The SMILES string of the molecule is CC(C)(C)C(O)CCc1ccc(Cl)c(F)c1. The average molecular weight is 245 g/mol. The first-order chi connectivity index (χ1) is 7.30. The van der Waals surface area contributed by atoms with Crippen LogP contribution in [0.15, 0.2) is 18.2 Å². The molecule has 16 heavy (non-hydrogen) atoms. The van der Waals surface area contributed by atoms with Crippen molar-refractivity contribution in [3.8, 4) is 0 Å². The first-order valence-electron chi connectivity index (χ1n) is 5.42. The molecule has 1 rings (SSSR count). The van der Waals surface area contributed by atoms with E-state index >= 15 is 0 Å². The number of hydrogen-bond acceptors (Lipinski definition) is 1. The van der Waals surface area contributed by atoms with Gasteiger partial charge in [0.1, 0.15) is 5.82 Å². The van der Waals surface area contributed by atoms with Crippen molar-refractivity contribution in [1.82, 2.24) is 0 Å². The van der Waals surface area contributed by atoms with Crippen LogP contribution in [0.4, 0.5) is 4.39 Å². The van der Waals surface area contributed by atoms with Gasteiger partial charge >= 0.3 is 0 Å². The minimum absolute atomic E-state index is 0.134. The maximum Gasteiger partial charge on any atom is 0.142 e. The van der Waals surface area contributed by atoms with Crippen LogP contribution in [0.5, 0.6) is 0 Å². The first kappa shape index (κ1) is 13.5. The molecular formula is C13H18ClFO. The zero-order valence-electron chi connectivity index (χ0n) is 9.93. The fourth-order valence-corrected chi connectivity index (χ4v) is 1.55. The molecule has 90 valence electrons. The summed E-state index contributed by atoms with van der Waals surface area (Å²) in [5, 5.41) is 9.99. The molecule has 0 saturated carbocycles. The number of aliphatic hydroxyl groups is 1. The van der Waals surface area contributed by atoms with Crippen molar-refractivity contribution in [2.24, 2.45) is 5.41 Å². The van der Waals surface area contributed by atoms with Gasteiger partial charge < -0.3 is 5.11 Å². The van der Waals surface area contributed by atoms with E-state index < -0.39 is 5.82 Å². The van der Waals surface area contributed by atoms with E-state index in [1.165, 1.54) is 6.07 Å². The van der Waals surface area contributed by atoms with Gasteiger partial charge in [0, 0.05) is 0 Å². The molecule has 0 bridgehead atoms. The molecule has 1 unspecified atom stereocenters. The summed E-state index contributed by atoms with van der Waals surface area (Å²) >= 11 is 5.59. The molecule has 1 aromatic rings. The second kappa shape index (κ2) is 5.15. The largest absolute Gasteiger partial charge is 0.393 e. The first-order valence-corrected chi connectivity index (χ1v) is 5.80. The number of halogens is 2. The normalized spacial score (nSPS) is 13.9.